The molecular formula is C17H30INS. The number of halogens is 1. The zero-order chi connectivity index (χ0) is 15.0. The van der Waals surface area contributed by atoms with Gasteiger partial charge in [-0.05, 0) is 42.4 Å². The fourth-order valence-corrected chi connectivity index (χ4v) is 5.35. The molecule has 1 aromatic rings. The number of nitrogens with zero attached hydrogens (tertiary/aromatic N) is 1. The Morgan fingerprint density at radius 2 is 1.55 bits per heavy atom. The van der Waals surface area contributed by atoms with E-state index in [2.05, 4.69) is 55.3 Å². The van der Waals surface area contributed by atoms with Crippen LogP contribution in [0.4, 0.5) is 0 Å². The van der Waals surface area contributed by atoms with E-state index in [1.54, 1.807) is 4.88 Å². The fourth-order valence-electron chi connectivity index (χ4n) is 2.83. The van der Waals surface area contributed by atoms with Gasteiger partial charge in [0, 0.05) is 10.3 Å². The number of rotatable bonds is 10. The minimum atomic E-state index is 0.353. The molecule has 1 unspecified atom stereocenters. The third-order valence-electron chi connectivity index (χ3n) is 4.16. The Bertz CT molecular complexity index is 388. The number of hydrogen-bond acceptors (Lipinski definition) is 2. The molecule has 0 amide bonds. The molecule has 0 aliphatic heterocycles. The van der Waals surface area contributed by atoms with Crippen LogP contribution in [0.1, 0.15) is 88.4 Å². The van der Waals surface area contributed by atoms with Crippen molar-refractivity contribution in [3.63, 3.8) is 0 Å². The summed E-state index contributed by atoms with van der Waals surface area (Å²) in [6.45, 7) is 9.19. The van der Waals surface area contributed by atoms with Gasteiger partial charge in [0.25, 0.3) is 0 Å². The zero-order valence-electron chi connectivity index (χ0n) is 13.6. The van der Waals surface area contributed by atoms with E-state index in [4.69, 9.17) is 0 Å². The number of hydrogen-bond donors (Lipinski definition) is 0. The van der Waals surface area contributed by atoms with Crippen molar-refractivity contribution in [2.45, 2.75) is 90.9 Å². The number of aryl methyl sites for hydroxylation is 1. The second-order valence-electron chi connectivity index (χ2n) is 6.18. The summed E-state index contributed by atoms with van der Waals surface area (Å²) in [4.78, 5) is 6.20. The van der Waals surface area contributed by atoms with Crippen LogP contribution in [0, 0.1) is 10.6 Å². The largest absolute Gasteiger partial charge is 0.235 e. The van der Waals surface area contributed by atoms with E-state index in [1.165, 1.54) is 66.5 Å². The first-order chi connectivity index (χ1) is 9.53. The van der Waals surface area contributed by atoms with E-state index < -0.39 is 0 Å². The minimum absolute atomic E-state index is 0.353. The van der Waals surface area contributed by atoms with Gasteiger partial charge >= 0.3 is 0 Å². The Balaban J connectivity index is 2.74. The summed E-state index contributed by atoms with van der Waals surface area (Å²) in [6.07, 6.45) is 12.1. The van der Waals surface area contributed by atoms with Crippen LogP contribution in [-0.2, 0) is 5.41 Å². The van der Waals surface area contributed by atoms with Gasteiger partial charge in [0.05, 0.1) is 5.01 Å². The van der Waals surface area contributed by atoms with E-state index in [0.717, 1.165) is 0 Å². The van der Waals surface area contributed by atoms with Crippen molar-refractivity contribution in [2.24, 2.45) is 0 Å². The van der Waals surface area contributed by atoms with Crippen LogP contribution < -0.4 is 0 Å². The van der Waals surface area contributed by atoms with Gasteiger partial charge in [0.1, 0.15) is 3.70 Å². The van der Waals surface area contributed by atoms with Gasteiger partial charge in [0.15, 0.2) is 0 Å². The van der Waals surface area contributed by atoms with E-state index in [-0.39, 0.29) is 0 Å². The van der Waals surface area contributed by atoms with Gasteiger partial charge in [-0.25, -0.2) is 4.98 Å². The quantitative estimate of drug-likeness (QED) is 0.305. The molecular weight excluding hydrogens is 377 g/mol. The van der Waals surface area contributed by atoms with Crippen molar-refractivity contribution in [3.05, 3.63) is 13.6 Å². The van der Waals surface area contributed by atoms with Crippen LogP contribution in [-0.4, -0.2) is 4.98 Å². The molecule has 1 heterocycles. The highest BCUT2D eigenvalue weighted by Gasteiger charge is 2.30. The summed E-state index contributed by atoms with van der Waals surface area (Å²) in [7, 11) is 0. The zero-order valence-corrected chi connectivity index (χ0v) is 16.6. The maximum Gasteiger partial charge on any atom is 0.116 e. The molecule has 1 atom stereocenters. The lowest BCUT2D eigenvalue weighted by atomic mass is 9.79. The molecule has 0 bridgehead atoms. The summed E-state index contributed by atoms with van der Waals surface area (Å²) >= 11 is 4.36. The fraction of sp³-hybridized carbons (Fsp3) is 0.824. The molecule has 3 heteroatoms. The first-order valence-electron chi connectivity index (χ1n) is 8.17. The van der Waals surface area contributed by atoms with Crippen molar-refractivity contribution < 1.29 is 0 Å². The second-order valence-corrected chi connectivity index (χ2v) is 8.41. The van der Waals surface area contributed by atoms with Crippen molar-refractivity contribution in [1.82, 2.24) is 4.98 Å². The lowest BCUT2D eigenvalue weighted by Gasteiger charge is -2.29. The Morgan fingerprint density at radius 1 is 1.00 bits per heavy atom. The summed E-state index contributed by atoms with van der Waals surface area (Å²) in [6, 6.07) is 0. The molecule has 1 nitrogen and oxygen atoms in total. The number of unbranched alkanes of at least 4 members (excludes halogenated alkanes) is 5. The van der Waals surface area contributed by atoms with Gasteiger partial charge in [-0.2, -0.15) is 0 Å². The topological polar surface area (TPSA) is 12.9 Å². The van der Waals surface area contributed by atoms with Gasteiger partial charge in [-0.1, -0.05) is 65.7 Å². The number of thiazole rings is 1. The molecule has 0 aromatic carbocycles. The molecule has 1 rings (SSSR count). The monoisotopic (exact) mass is 407 g/mol. The lowest BCUT2D eigenvalue weighted by Crippen LogP contribution is -2.22. The van der Waals surface area contributed by atoms with Gasteiger partial charge < -0.3 is 0 Å². The average Bonchev–Trinajstić information content (AvgIpc) is 2.75. The summed E-state index contributed by atoms with van der Waals surface area (Å²) < 4.78 is 1.25. The number of aromatic nitrogens is 1. The Kier molecular flexibility index (Phi) is 8.64. The van der Waals surface area contributed by atoms with Gasteiger partial charge in [-0.3, -0.25) is 0 Å². The SMILES string of the molecule is CCCCCCC(C)(CCCCC)c1sc(C)nc1I. The minimum Gasteiger partial charge on any atom is -0.235 e. The normalized spacial score (nSPS) is 14.4. The molecule has 0 N–H and O–H groups in total. The molecule has 20 heavy (non-hydrogen) atoms. The average molecular weight is 407 g/mol. The van der Waals surface area contributed by atoms with Crippen molar-refractivity contribution in [3.8, 4) is 0 Å². The molecule has 1 aromatic heterocycles. The van der Waals surface area contributed by atoms with Crippen molar-refractivity contribution in [1.29, 1.82) is 0 Å². The molecule has 0 saturated heterocycles. The molecule has 0 radical (unpaired) electrons. The predicted octanol–water partition coefficient (Wildman–Crippen LogP) is 6.86. The molecule has 0 spiro atoms. The Hall–Kier alpha value is 0.360. The summed E-state index contributed by atoms with van der Waals surface area (Å²) in [5.74, 6) is 0. The van der Waals surface area contributed by atoms with E-state index >= 15 is 0 Å². The van der Waals surface area contributed by atoms with Crippen LogP contribution in [0.25, 0.3) is 0 Å². The molecule has 0 fully saturated rings. The van der Waals surface area contributed by atoms with Crippen LogP contribution in [0.2, 0.25) is 0 Å². The smallest absolute Gasteiger partial charge is 0.116 e. The summed E-state index contributed by atoms with van der Waals surface area (Å²) in [5.41, 5.74) is 0.353. The molecule has 0 saturated carbocycles. The Labute approximate surface area is 143 Å². The first kappa shape index (κ1) is 18.4. The van der Waals surface area contributed by atoms with Gasteiger partial charge in [-0.15, -0.1) is 11.3 Å². The van der Waals surface area contributed by atoms with Crippen LogP contribution in [0.15, 0.2) is 0 Å². The highest BCUT2D eigenvalue weighted by Crippen LogP contribution is 2.40. The molecule has 0 aliphatic carbocycles. The first-order valence-corrected chi connectivity index (χ1v) is 10.1. The van der Waals surface area contributed by atoms with Crippen molar-refractivity contribution >= 4 is 33.9 Å². The van der Waals surface area contributed by atoms with Crippen LogP contribution in [0.5, 0.6) is 0 Å². The van der Waals surface area contributed by atoms with Gasteiger partial charge in [0.2, 0.25) is 0 Å². The van der Waals surface area contributed by atoms with Crippen LogP contribution >= 0.6 is 33.9 Å². The lowest BCUT2D eigenvalue weighted by molar-refractivity contribution is 0.370. The third kappa shape index (κ3) is 5.63. The molecule has 0 aliphatic rings. The summed E-state index contributed by atoms with van der Waals surface area (Å²) in [5, 5.41) is 1.22. The standard InChI is InChI=1S/C17H30INS/c1-5-7-9-11-13-17(4,12-10-8-6-2)15-16(18)19-14(3)20-15/h5-13H2,1-4H3. The highest BCUT2D eigenvalue weighted by molar-refractivity contribution is 14.1. The van der Waals surface area contributed by atoms with E-state index in [9.17, 15) is 0 Å². The predicted molar refractivity (Wildman–Crippen MR) is 99.8 cm³/mol. The maximum atomic E-state index is 4.66. The second kappa shape index (κ2) is 9.39. The van der Waals surface area contributed by atoms with E-state index in [1.807, 2.05) is 11.3 Å². The third-order valence-corrected chi connectivity index (χ3v) is 6.58. The highest BCUT2D eigenvalue weighted by atomic mass is 127. The van der Waals surface area contributed by atoms with Crippen LogP contribution in [0.3, 0.4) is 0 Å². The Morgan fingerprint density at radius 3 is 2.05 bits per heavy atom. The van der Waals surface area contributed by atoms with Crippen molar-refractivity contribution in [2.75, 3.05) is 0 Å². The molecule has 116 valence electrons. The van der Waals surface area contributed by atoms with E-state index in [0.29, 0.717) is 5.41 Å². The maximum absolute atomic E-state index is 4.66.